The van der Waals surface area contributed by atoms with Gasteiger partial charge in [0.2, 0.25) is 5.91 Å². The molecule has 2 aromatic heterocycles. The molecule has 0 unspecified atom stereocenters. The highest BCUT2D eigenvalue weighted by molar-refractivity contribution is 8.13. The molecule has 0 aromatic carbocycles. The molecule has 3 heterocycles. The first-order chi connectivity index (χ1) is 14.1. The van der Waals surface area contributed by atoms with E-state index in [1.54, 1.807) is 6.07 Å². The zero-order chi connectivity index (χ0) is 20.6. The first-order valence-electron chi connectivity index (χ1n) is 9.51. The fourth-order valence-corrected chi connectivity index (χ4v) is 3.49. The zero-order valence-corrected chi connectivity index (χ0v) is 17.6. The summed E-state index contributed by atoms with van der Waals surface area (Å²) in [7, 11) is 0. The van der Waals surface area contributed by atoms with Crippen LogP contribution in [0.25, 0.3) is 11.6 Å². The first kappa shape index (κ1) is 21.2. The molecular weight excluding hydrogens is 388 g/mol. The van der Waals surface area contributed by atoms with Crippen molar-refractivity contribution >= 4 is 28.5 Å². The van der Waals surface area contributed by atoms with Gasteiger partial charge in [-0.2, -0.15) is 0 Å². The van der Waals surface area contributed by atoms with Gasteiger partial charge in [-0.15, -0.1) is 11.8 Å². The predicted molar refractivity (Wildman–Crippen MR) is 117 cm³/mol. The lowest BCUT2D eigenvalue weighted by atomic mass is 10.3. The largest absolute Gasteiger partial charge is 0.458 e. The van der Waals surface area contributed by atoms with E-state index < -0.39 is 0 Å². The van der Waals surface area contributed by atoms with Gasteiger partial charge in [0.25, 0.3) is 0 Å². The van der Waals surface area contributed by atoms with Gasteiger partial charge in [0, 0.05) is 51.4 Å². The van der Waals surface area contributed by atoms with Crippen molar-refractivity contribution in [2.45, 2.75) is 13.3 Å². The third-order valence-electron chi connectivity index (χ3n) is 4.44. The van der Waals surface area contributed by atoms with Crippen LogP contribution in [0.2, 0.25) is 0 Å². The standard InChI is InChI=1S/C20H26N6O2S/c1-4-22-20(29-3)15-13-17(25-19(23-15)16-6-5-14(2)28-16)24-18(27)7-10-26-11-8-21-9-12-26/h4-6,13,21H,1,7-12H2,2-3H3,(H,23,24,25,27). The van der Waals surface area contributed by atoms with Crippen molar-refractivity contribution < 1.29 is 9.21 Å². The Morgan fingerprint density at radius 1 is 1.41 bits per heavy atom. The van der Waals surface area contributed by atoms with E-state index in [1.807, 2.05) is 25.3 Å². The molecule has 8 nitrogen and oxygen atoms in total. The second kappa shape index (κ2) is 10.3. The molecule has 0 saturated carbocycles. The van der Waals surface area contributed by atoms with Crippen molar-refractivity contribution in [3.63, 3.8) is 0 Å². The lowest BCUT2D eigenvalue weighted by molar-refractivity contribution is -0.116. The summed E-state index contributed by atoms with van der Waals surface area (Å²) < 4.78 is 5.67. The van der Waals surface area contributed by atoms with Gasteiger partial charge in [0.15, 0.2) is 11.6 Å². The number of aryl methyl sites for hydroxylation is 1. The average Bonchev–Trinajstić information content (AvgIpc) is 3.17. The van der Waals surface area contributed by atoms with Crippen molar-refractivity contribution in [3.05, 3.63) is 42.4 Å². The number of carbonyl (C=O) groups excluding carboxylic acids is 1. The van der Waals surface area contributed by atoms with E-state index in [0.717, 1.165) is 38.5 Å². The number of nitrogens with one attached hydrogen (secondary N) is 2. The maximum Gasteiger partial charge on any atom is 0.226 e. The van der Waals surface area contributed by atoms with Crippen molar-refractivity contribution in [3.8, 4) is 11.6 Å². The number of amides is 1. The molecule has 154 valence electrons. The van der Waals surface area contributed by atoms with Crippen LogP contribution in [0.15, 0.2) is 40.4 Å². The Bertz CT molecular complexity index is 889. The highest BCUT2D eigenvalue weighted by Crippen LogP contribution is 2.22. The Kier molecular flexibility index (Phi) is 7.56. The maximum atomic E-state index is 12.5. The van der Waals surface area contributed by atoms with Crippen LogP contribution in [0.4, 0.5) is 5.82 Å². The van der Waals surface area contributed by atoms with Crippen LogP contribution >= 0.6 is 11.8 Å². The molecule has 0 bridgehead atoms. The SMILES string of the molecule is C=CN=C(SC)c1cc(NC(=O)CCN2CCNCC2)nc(-c2ccc(C)o2)n1. The van der Waals surface area contributed by atoms with E-state index in [4.69, 9.17) is 4.42 Å². The summed E-state index contributed by atoms with van der Waals surface area (Å²) in [6, 6.07) is 5.39. The fraction of sp³-hybridized carbons (Fsp3) is 0.400. The summed E-state index contributed by atoms with van der Waals surface area (Å²) in [5.41, 5.74) is 0.605. The quantitative estimate of drug-likeness (QED) is 0.531. The number of carbonyl (C=O) groups is 1. The number of furan rings is 1. The van der Waals surface area contributed by atoms with Crippen molar-refractivity contribution in [2.24, 2.45) is 4.99 Å². The average molecular weight is 415 g/mol. The number of hydrogen-bond acceptors (Lipinski definition) is 8. The molecule has 29 heavy (non-hydrogen) atoms. The summed E-state index contributed by atoms with van der Waals surface area (Å²) >= 11 is 1.45. The lowest BCUT2D eigenvalue weighted by Crippen LogP contribution is -2.44. The number of aliphatic imine (C=N–C) groups is 1. The number of thioether (sulfide) groups is 1. The Hall–Kier alpha value is -2.49. The highest BCUT2D eigenvalue weighted by atomic mass is 32.2. The van der Waals surface area contributed by atoms with E-state index in [9.17, 15) is 4.79 Å². The van der Waals surface area contributed by atoms with E-state index >= 15 is 0 Å². The number of piperazine rings is 1. The second-order valence-corrected chi connectivity index (χ2v) is 7.38. The molecule has 0 radical (unpaired) electrons. The predicted octanol–water partition coefficient (Wildman–Crippen LogP) is 2.53. The van der Waals surface area contributed by atoms with Crippen LogP contribution in [-0.2, 0) is 4.79 Å². The third-order valence-corrected chi connectivity index (χ3v) is 5.14. The Balaban J connectivity index is 1.79. The molecule has 1 amide bonds. The molecule has 0 atom stereocenters. The summed E-state index contributed by atoms with van der Waals surface area (Å²) in [4.78, 5) is 28.1. The third kappa shape index (κ3) is 5.99. The summed E-state index contributed by atoms with van der Waals surface area (Å²) in [6.07, 6.45) is 3.79. The lowest BCUT2D eigenvalue weighted by Gasteiger charge is -2.26. The Morgan fingerprint density at radius 3 is 2.86 bits per heavy atom. The second-order valence-electron chi connectivity index (χ2n) is 6.58. The molecule has 3 rings (SSSR count). The van der Waals surface area contributed by atoms with Gasteiger partial charge in [0.05, 0.1) is 0 Å². The van der Waals surface area contributed by atoms with Crippen LogP contribution in [-0.4, -0.2) is 64.8 Å². The molecular formula is C20H26N6O2S. The molecule has 0 spiro atoms. The topological polar surface area (TPSA) is 95.7 Å². The van der Waals surface area contributed by atoms with Crippen molar-refractivity contribution in [2.75, 3.05) is 44.3 Å². The molecule has 9 heteroatoms. The summed E-state index contributed by atoms with van der Waals surface area (Å²) in [5, 5.41) is 6.89. The van der Waals surface area contributed by atoms with Crippen molar-refractivity contribution in [1.82, 2.24) is 20.2 Å². The van der Waals surface area contributed by atoms with Crippen LogP contribution in [0, 0.1) is 6.92 Å². The number of aromatic nitrogens is 2. The number of anilines is 1. The van der Waals surface area contributed by atoms with E-state index in [0.29, 0.717) is 34.6 Å². The highest BCUT2D eigenvalue weighted by Gasteiger charge is 2.16. The van der Waals surface area contributed by atoms with E-state index in [-0.39, 0.29) is 5.91 Å². The molecule has 1 saturated heterocycles. The van der Waals surface area contributed by atoms with Gasteiger partial charge in [-0.25, -0.2) is 15.0 Å². The minimum absolute atomic E-state index is 0.0823. The zero-order valence-electron chi connectivity index (χ0n) is 16.8. The van der Waals surface area contributed by atoms with E-state index in [1.165, 1.54) is 18.0 Å². The maximum absolute atomic E-state index is 12.5. The number of rotatable bonds is 7. The smallest absolute Gasteiger partial charge is 0.226 e. The molecule has 2 aromatic rings. The van der Waals surface area contributed by atoms with Gasteiger partial charge >= 0.3 is 0 Å². The van der Waals surface area contributed by atoms with E-state index in [2.05, 4.69) is 37.1 Å². The van der Waals surface area contributed by atoms with Crippen LogP contribution in [0.1, 0.15) is 17.9 Å². The minimum atomic E-state index is -0.0823. The molecule has 1 fully saturated rings. The molecule has 0 aliphatic carbocycles. The van der Waals surface area contributed by atoms with Gasteiger partial charge in [-0.1, -0.05) is 6.58 Å². The molecule has 1 aliphatic rings. The van der Waals surface area contributed by atoms with Gasteiger partial charge in [-0.05, 0) is 25.3 Å². The normalized spacial score (nSPS) is 15.3. The Labute approximate surface area is 174 Å². The Morgan fingerprint density at radius 2 is 2.21 bits per heavy atom. The fourth-order valence-electron chi connectivity index (χ4n) is 2.99. The first-order valence-corrected chi connectivity index (χ1v) is 10.7. The molecule has 1 aliphatic heterocycles. The van der Waals surface area contributed by atoms with Crippen LogP contribution < -0.4 is 10.6 Å². The van der Waals surface area contributed by atoms with Crippen molar-refractivity contribution in [1.29, 1.82) is 0 Å². The number of hydrogen-bond donors (Lipinski definition) is 2. The molecule has 2 N–H and O–H groups in total. The van der Waals surface area contributed by atoms with Gasteiger partial charge < -0.3 is 20.0 Å². The van der Waals surface area contributed by atoms with Gasteiger partial charge in [-0.3, -0.25) is 4.79 Å². The minimum Gasteiger partial charge on any atom is -0.458 e. The van der Waals surface area contributed by atoms with Crippen LogP contribution in [0.3, 0.4) is 0 Å². The van der Waals surface area contributed by atoms with Crippen LogP contribution in [0.5, 0.6) is 0 Å². The summed E-state index contributed by atoms with van der Waals surface area (Å²) in [6.45, 7) is 10.1. The summed E-state index contributed by atoms with van der Waals surface area (Å²) in [5.74, 6) is 2.05. The van der Waals surface area contributed by atoms with Gasteiger partial charge in [0.1, 0.15) is 22.3 Å². The monoisotopic (exact) mass is 414 g/mol. The number of nitrogens with zero attached hydrogens (tertiary/aromatic N) is 4.